The van der Waals surface area contributed by atoms with E-state index in [2.05, 4.69) is 26.9 Å². The second kappa shape index (κ2) is 11.0. The topological polar surface area (TPSA) is 57.3 Å². The molecule has 1 aliphatic rings. The first kappa shape index (κ1) is 23.6. The van der Waals surface area contributed by atoms with Crippen molar-refractivity contribution in [1.29, 1.82) is 0 Å². The van der Waals surface area contributed by atoms with Crippen LogP contribution in [0, 0.1) is 0 Å². The van der Waals surface area contributed by atoms with E-state index in [0.29, 0.717) is 24.6 Å². The van der Waals surface area contributed by atoms with Gasteiger partial charge in [0.1, 0.15) is 11.5 Å². The van der Waals surface area contributed by atoms with Crippen molar-refractivity contribution in [2.45, 2.75) is 20.1 Å². The summed E-state index contributed by atoms with van der Waals surface area (Å²) in [5.74, 6) is 0.705. The van der Waals surface area contributed by atoms with Crippen molar-refractivity contribution < 1.29 is 23.0 Å². The molecule has 9 heteroatoms. The summed E-state index contributed by atoms with van der Waals surface area (Å²) in [6.45, 7) is 3.72. The van der Waals surface area contributed by atoms with Gasteiger partial charge in [0.05, 0.1) is 12.3 Å². The lowest BCUT2D eigenvalue weighted by molar-refractivity contribution is -0.0498. The smallest absolute Gasteiger partial charge is 0.387 e. The Morgan fingerprint density at radius 2 is 1.81 bits per heavy atom. The van der Waals surface area contributed by atoms with Crippen LogP contribution in [0.2, 0.25) is 0 Å². The Hall–Kier alpha value is -3.07. The maximum absolute atomic E-state index is 12.7. The third-order valence-electron chi connectivity index (χ3n) is 5.29. The van der Waals surface area contributed by atoms with E-state index >= 15 is 0 Å². The largest absolute Gasteiger partial charge is 0.492 e. The number of hydrogen-bond acceptors (Lipinski definition) is 5. The van der Waals surface area contributed by atoms with Crippen LogP contribution < -0.4 is 19.7 Å². The summed E-state index contributed by atoms with van der Waals surface area (Å²) < 4.78 is 34.7. The molecule has 2 aromatic rings. The molecule has 0 unspecified atom stereocenters. The average Bonchev–Trinajstić information content (AvgIpc) is 2.76. The highest BCUT2D eigenvalue weighted by molar-refractivity contribution is 5.91. The fourth-order valence-corrected chi connectivity index (χ4v) is 3.48. The van der Waals surface area contributed by atoms with Gasteiger partial charge in [-0.15, -0.1) is 0 Å². The number of ether oxygens (including phenoxy) is 2. The Kier molecular flexibility index (Phi) is 8.10. The Labute approximate surface area is 187 Å². The lowest BCUT2D eigenvalue weighted by Crippen LogP contribution is -2.44. The zero-order valence-corrected chi connectivity index (χ0v) is 18.7. The van der Waals surface area contributed by atoms with Gasteiger partial charge in [-0.05, 0) is 43.8 Å². The minimum absolute atomic E-state index is 0.0812. The van der Waals surface area contributed by atoms with Crippen LogP contribution in [-0.4, -0.2) is 69.3 Å². The number of carbonyl (C=O) groups excluding carboxylic acids is 1. The van der Waals surface area contributed by atoms with Gasteiger partial charge in [0, 0.05) is 51.5 Å². The van der Waals surface area contributed by atoms with Gasteiger partial charge in [-0.3, -0.25) is 0 Å². The van der Waals surface area contributed by atoms with Crippen molar-refractivity contribution in [3.63, 3.8) is 0 Å². The molecule has 2 aromatic carbocycles. The summed E-state index contributed by atoms with van der Waals surface area (Å²) >= 11 is 0. The second-order valence-corrected chi connectivity index (χ2v) is 7.71. The molecule has 0 saturated carbocycles. The van der Waals surface area contributed by atoms with Crippen molar-refractivity contribution in [3.8, 4) is 11.5 Å². The van der Waals surface area contributed by atoms with Crippen molar-refractivity contribution in [1.82, 2.24) is 9.80 Å². The molecule has 2 amide bonds. The molecule has 1 fully saturated rings. The Balaban J connectivity index is 1.63. The summed E-state index contributed by atoms with van der Waals surface area (Å²) in [7, 11) is 3.78. The van der Waals surface area contributed by atoms with E-state index in [1.54, 1.807) is 19.2 Å². The summed E-state index contributed by atoms with van der Waals surface area (Å²) in [5.41, 5.74) is 2.46. The summed E-state index contributed by atoms with van der Waals surface area (Å²) in [4.78, 5) is 18.8. The van der Waals surface area contributed by atoms with Crippen molar-refractivity contribution in [2.75, 3.05) is 57.1 Å². The molecule has 0 aliphatic carbocycles. The molecule has 32 heavy (non-hydrogen) atoms. The van der Waals surface area contributed by atoms with E-state index in [0.717, 1.165) is 37.4 Å². The number of anilines is 2. The number of rotatable bonds is 8. The number of nitrogens with one attached hydrogen (secondary N) is 1. The maximum atomic E-state index is 12.7. The first-order chi connectivity index (χ1) is 15.4. The summed E-state index contributed by atoms with van der Waals surface area (Å²) in [5, 5.41) is 2.90. The van der Waals surface area contributed by atoms with E-state index in [4.69, 9.17) is 4.74 Å². The van der Waals surface area contributed by atoms with E-state index in [1.165, 1.54) is 17.0 Å². The third kappa shape index (κ3) is 6.46. The summed E-state index contributed by atoms with van der Waals surface area (Å²) in [6, 6.07) is 11.7. The predicted octanol–water partition coefficient (Wildman–Crippen LogP) is 4.10. The van der Waals surface area contributed by atoms with Crippen molar-refractivity contribution >= 4 is 17.4 Å². The average molecular weight is 449 g/mol. The van der Waals surface area contributed by atoms with Crippen LogP contribution in [0.5, 0.6) is 11.5 Å². The molecular weight excluding hydrogens is 418 g/mol. The second-order valence-electron chi connectivity index (χ2n) is 7.71. The molecule has 7 nitrogen and oxygen atoms in total. The quantitative estimate of drug-likeness (QED) is 0.659. The number of amides is 2. The standard InChI is InChI=1S/C23H30F2N4O3/c1-4-31-21-15-18(29-13-11-27(2)12-14-29)7-10-20(21)26-23(30)28(3)16-17-5-8-19(9-6-17)32-22(24)25/h5-10,15,22H,4,11-14,16H2,1-3H3,(H,26,30). The molecule has 0 radical (unpaired) electrons. The zero-order chi connectivity index (χ0) is 23.1. The van der Waals surface area contributed by atoms with Crippen LogP contribution in [0.25, 0.3) is 0 Å². The van der Waals surface area contributed by atoms with Gasteiger partial charge in [-0.25, -0.2) is 4.79 Å². The van der Waals surface area contributed by atoms with Gasteiger partial charge in [-0.1, -0.05) is 12.1 Å². The Morgan fingerprint density at radius 1 is 1.12 bits per heavy atom. The van der Waals surface area contributed by atoms with Gasteiger partial charge < -0.3 is 29.5 Å². The van der Waals surface area contributed by atoms with Gasteiger partial charge in [-0.2, -0.15) is 8.78 Å². The molecule has 0 aromatic heterocycles. The fraction of sp³-hybridized carbons (Fsp3) is 0.435. The minimum atomic E-state index is -2.86. The fourth-order valence-electron chi connectivity index (χ4n) is 3.48. The molecule has 1 heterocycles. The van der Waals surface area contributed by atoms with Gasteiger partial charge in [0.2, 0.25) is 0 Å². The molecule has 1 aliphatic heterocycles. The van der Waals surface area contributed by atoms with Crippen LogP contribution in [-0.2, 0) is 6.54 Å². The molecule has 1 saturated heterocycles. The van der Waals surface area contributed by atoms with Crippen molar-refractivity contribution in [2.24, 2.45) is 0 Å². The van der Waals surface area contributed by atoms with Gasteiger partial charge in [0.25, 0.3) is 0 Å². The Bertz CT molecular complexity index is 887. The molecule has 1 N–H and O–H groups in total. The van der Waals surface area contributed by atoms with E-state index in [-0.39, 0.29) is 11.8 Å². The number of halogens is 2. The van der Waals surface area contributed by atoms with Crippen molar-refractivity contribution in [3.05, 3.63) is 48.0 Å². The number of likely N-dealkylation sites (N-methyl/N-ethyl adjacent to an activating group) is 1. The van der Waals surface area contributed by atoms with Gasteiger partial charge >= 0.3 is 12.6 Å². The monoisotopic (exact) mass is 448 g/mol. The molecular formula is C23H30F2N4O3. The first-order valence-electron chi connectivity index (χ1n) is 10.6. The number of benzene rings is 2. The molecule has 0 atom stereocenters. The number of carbonyl (C=O) groups is 1. The number of alkyl halides is 2. The van der Waals surface area contributed by atoms with E-state index in [9.17, 15) is 13.6 Å². The Morgan fingerprint density at radius 3 is 2.44 bits per heavy atom. The van der Waals surface area contributed by atoms with Crippen LogP contribution in [0.3, 0.4) is 0 Å². The maximum Gasteiger partial charge on any atom is 0.387 e. The van der Waals surface area contributed by atoms with E-state index < -0.39 is 6.61 Å². The third-order valence-corrected chi connectivity index (χ3v) is 5.29. The number of urea groups is 1. The lowest BCUT2D eigenvalue weighted by Gasteiger charge is -2.34. The molecule has 174 valence electrons. The first-order valence-corrected chi connectivity index (χ1v) is 10.6. The highest BCUT2D eigenvalue weighted by atomic mass is 19.3. The van der Waals surface area contributed by atoms with Crippen LogP contribution in [0.4, 0.5) is 25.0 Å². The highest BCUT2D eigenvalue weighted by Gasteiger charge is 2.18. The molecule has 3 rings (SSSR count). The highest BCUT2D eigenvalue weighted by Crippen LogP contribution is 2.31. The minimum Gasteiger partial charge on any atom is -0.492 e. The van der Waals surface area contributed by atoms with Crippen LogP contribution in [0.15, 0.2) is 42.5 Å². The molecule has 0 bridgehead atoms. The summed E-state index contributed by atoms with van der Waals surface area (Å²) in [6.07, 6.45) is 0. The number of piperazine rings is 1. The molecule has 0 spiro atoms. The van der Waals surface area contributed by atoms with E-state index in [1.807, 2.05) is 25.1 Å². The van der Waals surface area contributed by atoms with Crippen LogP contribution >= 0.6 is 0 Å². The zero-order valence-electron chi connectivity index (χ0n) is 18.7. The normalized spacial score (nSPS) is 14.4. The van der Waals surface area contributed by atoms with Crippen LogP contribution in [0.1, 0.15) is 12.5 Å². The lowest BCUT2D eigenvalue weighted by atomic mass is 10.2. The number of hydrogen-bond donors (Lipinski definition) is 1. The SMILES string of the molecule is CCOc1cc(N2CCN(C)CC2)ccc1NC(=O)N(C)Cc1ccc(OC(F)F)cc1. The van der Waals surface area contributed by atoms with Gasteiger partial charge in [0.15, 0.2) is 0 Å². The predicted molar refractivity (Wildman–Crippen MR) is 121 cm³/mol. The number of nitrogens with zero attached hydrogens (tertiary/aromatic N) is 3.